The number of nitrogens with zero attached hydrogens (tertiary/aromatic N) is 1. The van der Waals surface area contributed by atoms with E-state index in [0.29, 0.717) is 13.2 Å². The zero-order valence-corrected chi connectivity index (χ0v) is 17.5. The molecule has 1 fully saturated rings. The minimum absolute atomic E-state index is 0.0192. The Labute approximate surface area is 175 Å². The first kappa shape index (κ1) is 21.4. The molecule has 0 N–H and O–H groups in total. The van der Waals surface area contributed by atoms with E-state index in [9.17, 15) is 9.18 Å². The van der Waals surface area contributed by atoms with Gasteiger partial charge in [0.05, 0.1) is 18.2 Å². The third kappa shape index (κ3) is 5.61. The maximum Gasteiger partial charge on any atom is 0.410 e. The second-order valence-electron chi connectivity index (χ2n) is 7.84. The van der Waals surface area contributed by atoms with E-state index in [1.165, 1.54) is 12.1 Å². The number of morpholine rings is 1. The molecule has 0 radical (unpaired) electrons. The molecule has 7 heteroatoms. The van der Waals surface area contributed by atoms with Crippen LogP contribution >= 0.6 is 11.6 Å². The third-order valence-corrected chi connectivity index (χ3v) is 4.67. The summed E-state index contributed by atoms with van der Waals surface area (Å²) in [7, 11) is 0. The van der Waals surface area contributed by atoms with Crippen molar-refractivity contribution in [2.75, 3.05) is 19.7 Å². The van der Waals surface area contributed by atoms with Gasteiger partial charge >= 0.3 is 6.09 Å². The Balaban J connectivity index is 1.84. The summed E-state index contributed by atoms with van der Waals surface area (Å²) in [6.07, 6.45) is -1.54. The van der Waals surface area contributed by atoms with Crippen molar-refractivity contribution in [1.29, 1.82) is 0 Å². The summed E-state index contributed by atoms with van der Waals surface area (Å²) < 4.78 is 31.9. The number of hydrogen-bond acceptors (Lipinski definition) is 4. The molecule has 1 aliphatic heterocycles. The predicted molar refractivity (Wildman–Crippen MR) is 109 cm³/mol. The van der Waals surface area contributed by atoms with Crippen molar-refractivity contribution in [3.63, 3.8) is 0 Å². The van der Waals surface area contributed by atoms with Crippen LogP contribution in [0.2, 0.25) is 5.02 Å². The van der Waals surface area contributed by atoms with Crippen LogP contribution in [-0.4, -0.2) is 42.4 Å². The highest BCUT2D eigenvalue weighted by Gasteiger charge is 2.35. The van der Waals surface area contributed by atoms with Crippen molar-refractivity contribution < 1.29 is 23.4 Å². The van der Waals surface area contributed by atoms with E-state index in [0.717, 1.165) is 5.56 Å². The van der Waals surface area contributed by atoms with Crippen molar-refractivity contribution in [2.24, 2.45) is 0 Å². The van der Waals surface area contributed by atoms with Crippen LogP contribution in [0.25, 0.3) is 0 Å². The smallest absolute Gasteiger partial charge is 0.410 e. The van der Waals surface area contributed by atoms with Gasteiger partial charge in [0.25, 0.3) is 0 Å². The fourth-order valence-corrected chi connectivity index (χ4v) is 3.23. The van der Waals surface area contributed by atoms with Crippen molar-refractivity contribution in [1.82, 2.24) is 4.90 Å². The summed E-state index contributed by atoms with van der Waals surface area (Å²) in [4.78, 5) is 14.1. The van der Waals surface area contributed by atoms with Crippen molar-refractivity contribution >= 4 is 17.7 Å². The quantitative estimate of drug-likeness (QED) is 0.677. The Morgan fingerprint density at radius 2 is 1.93 bits per heavy atom. The molecule has 0 aliphatic carbocycles. The summed E-state index contributed by atoms with van der Waals surface area (Å²) in [5.74, 6) is -0.598. The van der Waals surface area contributed by atoms with Gasteiger partial charge in [0.1, 0.15) is 11.7 Å². The van der Waals surface area contributed by atoms with Crippen molar-refractivity contribution in [3.05, 3.63) is 64.9 Å². The molecule has 0 aromatic heterocycles. The Hall–Kier alpha value is -2.31. The van der Waals surface area contributed by atoms with Gasteiger partial charge in [-0.25, -0.2) is 9.18 Å². The maximum atomic E-state index is 14.5. The second-order valence-corrected chi connectivity index (χ2v) is 8.24. The molecule has 0 spiro atoms. The van der Waals surface area contributed by atoms with E-state index in [-0.39, 0.29) is 17.3 Å². The van der Waals surface area contributed by atoms with Gasteiger partial charge in [0.2, 0.25) is 0 Å². The zero-order chi connectivity index (χ0) is 21.0. The van der Waals surface area contributed by atoms with Gasteiger partial charge < -0.3 is 19.1 Å². The molecule has 0 bridgehead atoms. The fraction of sp³-hybridized carbons (Fsp3) is 0.409. The average molecular weight is 422 g/mol. The first-order valence-electron chi connectivity index (χ1n) is 9.50. The molecule has 1 amide bonds. The van der Waals surface area contributed by atoms with Crippen LogP contribution in [0.3, 0.4) is 0 Å². The van der Waals surface area contributed by atoms with Crippen molar-refractivity contribution in [3.8, 4) is 5.75 Å². The number of carbonyl (C=O) groups is 1. The first-order valence-corrected chi connectivity index (χ1v) is 9.87. The molecule has 29 heavy (non-hydrogen) atoms. The molecule has 0 saturated carbocycles. The van der Waals surface area contributed by atoms with Crippen LogP contribution in [0, 0.1) is 5.82 Å². The molecule has 2 atom stereocenters. The Kier molecular flexibility index (Phi) is 6.65. The lowest BCUT2D eigenvalue weighted by Gasteiger charge is -2.37. The van der Waals surface area contributed by atoms with E-state index in [4.69, 9.17) is 25.8 Å². The van der Waals surface area contributed by atoms with E-state index in [2.05, 4.69) is 0 Å². The highest BCUT2D eigenvalue weighted by atomic mass is 35.5. The number of halogens is 2. The molecule has 5 nitrogen and oxygen atoms in total. The van der Waals surface area contributed by atoms with Gasteiger partial charge in [-0.2, -0.15) is 0 Å². The fourth-order valence-electron chi connectivity index (χ4n) is 3.06. The van der Waals surface area contributed by atoms with E-state index in [1.807, 2.05) is 51.1 Å². The van der Waals surface area contributed by atoms with Crippen LogP contribution in [0.5, 0.6) is 5.75 Å². The number of carbonyl (C=O) groups excluding carboxylic acids is 1. The summed E-state index contributed by atoms with van der Waals surface area (Å²) in [6.45, 7) is 6.46. The van der Waals surface area contributed by atoms with Gasteiger partial charge in [-0.15, -0.1) is 0 Å². The summed E-state index contributed by atoms with van der Waals surface area (Å²) in [5, 5.41) is -0.0192. The number of benzene rings is 2. The van der Waals surface area contributed by atoms with Crippen LogP contribution in [0.4, 0.5) is 9.18 Å². The Morgan fingerprint density at radius 1 is 1.21 bits per heavy atom. The summed E-state index contributed by atoms with van der Waals surface area (Å²) >= 11 is 5.90. The molecule has 1 aliphatic rings. The highest BCUT2D eigenvalue weighted by molar-refractivity contribution is 6.30. The molecular formula is C22H25ClFNO4. The standard InChI is InChI=1S/C22H25ClFNO4/c1-22(2,3)29-21(26)25-12-13-27-18(14-25)20(15-8-5-4-6-9-15)28-17-11-7-10-16(23)19(17)24/h4-11,18,20H,12-14H2,1-3H3. The summed E-state index contributed by atoms with van der Waals surface area (Å²) in [6, 6.07) is 14.0. The molecule has 1 saturated heterocycles. The largest absolute Gasteiger partial charge is 0.480 e. The monoisotopic (exact) mass is 421 g/mol. The number of amides is 1. The van der Waals surface area contributed by atoms with E-state index < -0.39 is 29.7 Å². The predicted octanol–water partition coefficient (Wildman–Crippen LogP) is 5.24. The van der Waals surface area contributed by atoms with Gasteiger partial charge in [0.15, 0.2) is 17.7 Å². The van der Waals surface area contributed by atoms with Gasteiger partial charge in [-0.3, -0.25) is 0 Å². The lowest BCUT2D eigenvalue weighted by molar-refractivity contribution is -0.0842. The van der Waals surface area contributed by atoms with Gasteiger partial charge in [-0.05, 0) is 38.5 Å². The molecular weight excluding hydrogens is 397 g/mol. The van der Waals surface area contributed by atoms with E-state index in [1.54, 1.807) is 11.0 Å². The second kappa shape index (κ2) is 9.01. The Bertz CT molecular complexity index is 840. The first-order chi connectivity index (χ1) is 13.7. The minimum Gasteiger partial charge on any atom is -0.480 e. The molecule has 1 heterocycles. The minimum atomic E-state index is -0.630. The average Bonchev–Trinajstić information content (AvgIpc) is 2.68. The normalized spacial score (nSPS) is 18.2. The topological polar surface area (TPSA) is 48.0 Å². The lowest BCUT2D eigenvalue weighted by atomic mass is 10.0. The number of hydrogen-bond donors (Lipinski definition) is 0. The summed E-state index contributed by atoms with van der Waals surface area (Å²) in [5.41, 5.74) is 0.215. The van der Waals surface area contributed by atoms with Crippen LogP contribution in [0.15, 0.2) is 48.5 Å². The number of ether oxygens (including phenoxy) is 3. The maximum absolute atomic E-state index is 14.5. The third-order valence-electron chi connectivity index (χ3n) is 4.38. The van der Waals surface area contributed by atoms with Gasteiger partial charge in [0, 0.05) is 6.54 Å². The van der Waals surface area contributed by atoms with Crippen LogP contribution in [0.1, 0.15) is 32.4 Å². The van der Waals surface area contributed by atoms with Crippen molar-refractivity contribution in [2.45, 2.75) is 38.6 Å². The van der Waals surface area contributed by atoms with Crippen LogP contribution < -0.4 is 4.74 Å². The van der Waals surface area contributed by atoms with Gasteiger partial charge in [-0.1, -0.05) is 48.0 Å². The van der Waals surface area contributed by atoms with Crippen LogP contribution in [-0.2, 0) is 9.47 Å². The molecule has 2 aromatic carbocycles. The molecule has 3 rings (SSSR count). The number of rotatable bonds is 4. The molecule has 156 valence electrons. The molecule has 2 aromatic rings. The SMILES string of the molecule is CC(C)(C)OC(=O)N1CCOC(C(Oc2cccc(Cl)c2F)c2ccccc2)C1. The lowest BCUT2D eigenvalue weighted by Crippen LogP contribution is -2.50. The highest BCUT2D eigenvalue weighted by Crippen LogP contribution is 2.32. The molecule has 2 unspecified atom stereocenters. The Morgan fingerprint density at radius 3 is 2.62 bits per heavy atom. The van der Waals surface area contributed by atoms with E-state index >= 15 is 0 Å². The zero-order valence-electron chi connectivity index (χ0n) is 16.7.